The second-order valence-electron chi connectivity index (χ2n) is 7.40. The lowest BCUT2D eigenvalue weighted by molar-refractivity contribution is -0.140. The fourth-order valence-corrected chi connectivity index (χ4v) is 3.71. The van der Waals surface area contributed by atoms with Crippen LogP contribution in [-0.4, -0.2) is 53.0 Å². The molecule has 0 aliphatic carbocycles. The first kappa shape index (κ1) is 22.8. The minimum Gasteiger partial charge on any atom is -0.507 e. The van der Waals surface area contributed by atoms with Crippen LogP contribution in [0.3, 0.4) is 0 Å². The third-order valence-corrected chi connectivity index (χ3v) is 5.27. The molecule has 2 aromatic rings. The monoisotopic (exact) mass is 444 g/mol. The molecule has 1 saturated heterocycles. The molecule has 3 rings (SSSR count). The quantitative estimate of drug-likeness (QED) is 0.287. The number of aliphatic hydroxyl groups excluding tert-OH is 1. The van der Waals surface area contributed by atoms with Gasteiger partial charge in [0.1, 0.15) is 11.5 Å². The van der Waals surface area contributed by atoms with Crippen LogP contribution in [0.1, 0.15) is 37.4 Å². The van der Waals surface area contributed by atoms with Gasteiger partial charge in [0, 0.05) is 31.1 Å². The predicted octanol–water partition coefficient (Wildman–Crippen LogP) is 3.98. The molecule has 1 N–H and O–H groups in total. The third kappa shape index (κ3) is 4.89. The van der Waals surface area contributed by atoms with Crippen molar-refractivity contribution in [2.24, 2.45) is 0 Å². The van der Waals surface area contributed by atoms with Gasteiger partial charge in [0.25, 0.3) is 11.7 Å². The highest BCUT2D eigenvalue weighted by Crippen LogP contribution is 2.40. The van der Waals surface area contributed by atoms with Crippen molar-refractivity contribution in [3.8, 4) is 5.75 Å². The Hall–Kier alpha value is -2.90. The Labute approximate surface area is 186 Å². The third-order valence-electron chi connectivity index (χ3n) is 4.96. The molecule has 1 unspecified atom stereocenters. The van der Waals surface area contributed by atoms with E-state index in [1.54, 1.807) is 36.7 Å². The highest BCUT2D eigenvalue weighted by atomic mass is 35.5. The zero-order valence-electron chi connectivity index (χ0n) is 17.7. The molecular formula is C23H25ClN2O5. The molecule has 1 aromatic carbocycles. The van der Waals surface area contributed by atoms with Gasteiger partial charge >= 0.3 is 0 Å². The van der Waals surface area contributed by atoms with E-state index in [0.717, 1.165) is 0 Å². The number of aromatic nitrogens is 1. The van der Waals surface area contributed by atoms with Crippen molar-refractivity contribution in [3.05, 3.63) is 64.4 Å². The van der Waals surface area contributed by atoms with Crippen LogP contribution < -0.4 is 4.74 Å². The van der Waals surface area contributed by atoms with Crippen molar-refractivity contribution < 1.29 is 24.2 Å². The number of halogens is 1. The van der Waals surface area contributed by atoms with E-state index in [9.17, 15) is 14.7 Å². The first-order chi connectivity index (χ1) is 14.8. The van der Waals surface area contributed by atoms with Crippen molar-refractivity contribution in [1.29, 1.82) is 0 Å². The van der Waals surface area contributed by atoms with Crippen molar-refractivity contribution in [3.63, 3.8) is 0 Å². The molecule has 0 spiro atoms. The van der Waals surface area contributed by atoms with Gasteiger partial charge in [0.2, 0.25) is 0 Å². The number of rotatable bonds is 8. The van der Waals surface area contributed by atoms with Crippen LogP contribution in [0.2, 0.25) is 5.02 Å². The number of benzene rings is 1. The minimum absolute atomic E-state index is 0.00662. The molecule has 1 aromatic heterocycles. The number of ketones is 1. The number of pyridine rings is 1. The molecule has 8 heteroatoms. The molecule has 1 aliphatic rings. The summed E-state index contributed by atoms with van der Waals surface area (Å²) < 4.78 is 10.8. The number of methoxy groups -OCH3 is 1. The lowest BCUT2D eigenvalue weighted by Crippen LogP contribution is -2.31. The largest absolute Gasteiger partial charge is 0.507 e. The molecular weight excluding hydrogens is 420 g/mol. The highest BCUT2D eigenvalue weighted by Gasteiger charge is 2.45. The number of amides is 1. The van der Waals surface area contributed by atoms with E-state index in [1.807, 2.05) is 13.8 Å². The molecule has 0 saturated carbocycles. The van der Waals surface area contributed by atoms with E-state index in [4.69, 9.17) is 21.1 Å². The van der Waals surface area contributed by atoms with Gasteiger partial charge in [-0.05, 0) is 50.1 Å². The Balaban J connectivity index is 2.03. The van der Waals surface area contributed by atoms with Crippen LogP contribution in [-0.2, 0) is 14.3 Å². The maximum atomic E-state index is 13.0. The predicted molar refractivity (Wildman–Crippen MR) is 117 cm³/mol. The van der Waals surface area contributed by atoms with Crippen LogP contribution in [0.4, 0.5) is 0 Å². The van der Waals surface area contributed by atoms with Crippen LogP contribution in [0.15, 0.2) is 48.3 Å². The molecule has 2 heterocycles. The number of aliphatic hydroxyl groups is 1. The molecule has 0 radical (unpaired) electrons. The molecule has 1 aliphatic heterocycles. The van der Waals surface area contributed by atoms with Gasteiger partial charge in [-0.1, -0.05) is 17.7 Å². The van der Waals surface area contributed by atoms with Crippen LogP contribution in [0, 0.1) is 0 Å². The Bertz CT molecular complexity index is 991. The number of likely N-dealkylation sites (tertiary alicyclic amines) is 1. The molecule has 1 atom stereocenters. The first-order valence-electron chi connectivity index (χ1n) is 9.99. The van der Waals surface area contributed by atoms with E-state index in [1.165, 1.54) is 18.1 Å². The summed E-state index contributed by atoms with van der Waals surface area (Å²) in [6, 6.07) is 7.41. The van der Waals surface area contributed by atoms with Crippen molar-refractivity contribution in [2.45, 2.75) is 32.4 Å². The Morgan fingerprint density at radius 1 is 1.29 bits per heavy atom. The SMILES string of the molecule is COc1cc(/C(O)=C2/C(=O)C(=O)N(CCCOC(C)C)C2c2cccnc2)ccc1Cl. The van der Waals surface area contributed by atoms with Crippen LogP contribution >= 0.6 is 11.6 Å². The average Bonchev–Trinajstić information content (AvgIpc) is 3.02. The smallest absolute Gasteiger partial charge is 0.295 e. The number of Topliss-reactive ketones (excluding diaryl/α,β-unsaturated/α-hetero) is 1. The van der Waals surface area contributed by atoms with Crippen LogP contribution in [0.5, 0.6) is 5.75 Å². The van der Waals surface area contributed by atoms with Crippen molar-refractivity contribution >= 4 is 29.1 Å². The fourth-order valence-electron chi connectivity index (χ4n) is 3.51. The zero-order chi connectivity index (χ0) is 22.5. The lowest BCUT2D eigenvalue weighted by atomic mass is 9.96. The topological polar surface area (TPSA) is 89.0 Å². The number of hydrogen-bond acceptors (Lipinski definition) is 6. The van der Waals surface area contributed by atoms with Gasteiger partial charge in [-0.2, -0.15) is 0 Å². The summed E-state index contributed by atoms with van der Waals surface area (Å²) in [7, 11) is 1.46. The average molecular weight is 445 g/mol. The van der Waals surface area contributed by atoms with Gasteiger partial charge in [0.15, 0.2) is 0 Å². The molecule has 0 bridgehead atoms. The minimum atomic E-state index is -0.755. The summed E-state index contributed by atoms with van der Waals surface area (Å²) in [6.07, 6.45) is 3.82. The first-order valence-corrected chi connectivity index (χ1v) is 10.4. The van der Waals surface area contributed by atoms with Crippen molar-refractivity contribution in [1.82, 2.24) is 9.88 Å². The number of nitrogens with zero attached hydrogens (tertiary/aromatic N) is 2. The summed E-state index contributed by atoms with van der Waals surface area (Å²) >= 11 is 6.08. The van der Waals surface area contributed by atoms with Gasteiger partial charge in [-0.3, -0.25) is 14.6 Å². The highest BCUT2D eigenvalue weighted by molar-refractivity contribution is 6.46. The number of hydrogen-bond donors (Lipinski definition) is 1. The number of ether oxygens (including phenoxy) is 2. The number of carbonyl (C=O) groups is 2. The lowest BCUT2D eigenvalue weighted by Gasteiger charge is -2.25. The van der Waals surface area contributed by atoms with E-state index >= 15 is 0 Å². The van der Waals surface area contributed by atoms with E-state index < -0.39 is 17.7 Å². The summed E-state index contributed by atoms with van der Waals surface area (Å²) in [6.45, 7) is 4.62. The molecule has 1 amide bonds. The standard InChI is InChI=1S/C23H25ClN2O5/c1-14(2)31-11-5-10-26-20(16-6-4-9-25-13-16)19(22(28)23(26)29)21(27)15-7-8-17(24)18(12-15)30-3/h4,6-9,12-14,20,27H,5,10-11H2,1-3H3/b21-19-. The van der Waals surface area contributed by atoms with E-state index in [0.29, 0.717) is 41.5 Å². The Morgan fingerprint density at radius 2 is 2.06 bits per heavy atom. The zero-order valence-corrected chi connectivity index (χ0v) is 18.4. The second kappa shape index (κ2) is 9.94. The molecule has 31 heavy (non-hydrogen) atoms. The molecule has 164 valence electrons. The van der Waals surface area contributed by atoms with Crippen molar-refractivity contribution in [2.75, 3.05) is 20.3 Å². The Kier molecular flexibility index (Phi) is 7.30. The van der Waals surface area contributed by atoms with E-state index in [-0.39, 0.29) is 17.4 Å². The maximum Gasteiger partial charge on any atom is 0.295 e. The maximum absolute atomic E-state index is 13.0. The van der Waals surface area contributed by atoms with Crippen LogP contribution in [0.25, 0.3) is 5.76 Å². The second-order valence-corrected chi connectivity index (χ2v) is 7.81. The summed E-state index contributed by atoms with van der Waals surface area (Å²) in [5.41, 5.74) is 0.970. The number of carbonyl (C=O) groups excluding carboxylic acids is 2. The molecule has 1 fully saturated rings. The normalized spacial score (nSPS) is 18.1. The summed E-state index contributed by atoms with van der Waals surface area (Å²) in [5, 5.41) is 11.4. The van der Waals surface area contributed by atoms with Gasteiger partial charge in [0.05, 0.1) is 29.9 Å². The van der Waals surface area contributed by atoms with Gasteiger partial charge in [-0.25, -0.2) is 0 Å². The molecule has 7 nitrogen and oxygen atoms in total. The van der Waals surface area contributed by atoms with E-state index in [2.05, 4.69) is 4.98 Å². The van der Waals surface area contributed by atoms with Gasteiger partial charge in [-0.15, -0.1) is 0 Å². The summed E-state index contributed by atoms with van der Waals surface area (Å²) in [5.74, 6) is -1.35. The van der Waals surface area contributed by atoms with Gasteiger partial charge < -0.3 is 19.5 Å². The fraction of sp³-hybridized carbons (Fsp3) is 0.348. The Morgan fingerprint density at radius 3 is 2.71 bits per heavy atom. The summed E-state index contributed by atoms with van der Waals surface area (Å²) in [4.78, 5) is 31.4.